The zero-order chi connectivity index (χ0) is 31.0. The number of Topliss-reactive ketones (excluding diaryl/α,β-unsaturated/α-hetero) is 4. The van der Waals surface area contributed by atoms with Crippen LogP contribution in [0.2, 0.25) is 0 Å². The van der Waals surface area contributed by atoms with Gasteiger partial charge >= 0.3 is 0 Å². The Morgan fingerprint density at radius 1 is 0.976 bits per heavy atom. The number of hydrogen-bond acceptors (Lipinski definition) is 12. The SMILES string of the molecule is C=CCCC[C@](C)(NN[C@@H](CCCNC(N)N)C(=O)C(=O)[C@@H](N)CC(C)C)C(=O)C(=O)[C@H](Cc1ccccc1)NN. The third-order valence-corrected chi connectivity index (χ3v) is 6.80. The molecule has 41 heavy (non-hydrogen) atoms. The Balaban J connectivity index is 3.16. The second-order valence-electron chi connectivity index (χ2n) is 11.0. The van der Waals surface area contributed by atoms with Crippen LogP contribution >= 0.6 is 0 Å². The molecule has 1 aromatic rings. The van der Waals surface area contributed by atoms with E-state index in [4.69, 9.17) is 23.0 Å². The highest BCUT2D eigenvalue weighted by atomic mass is 16.2. The highest BCUT2D eigenvalue weighted by molar-refractivity contribution is 6.42. The van der Waals surface area contributed by atoms with E-state index in [2.05, 4.69) is 28.2 Å². The molecule has 0 aromatic heterocycles. The minimum atomic E-state index is -1.41. The summed E-state index contributed by atoms with van der Waals surface area (Å²) in [5, 5.41) is 2.86. The van der Waals surface area contributed by atoms with Gasteiger partial charge in [0.1, 0.15) is 6.29 Å². The van der Waals surface area contributed by atoms with Gasteiger partial charge in [0, 0.05) is 0 Å². The molecule has 0 amide bonds. The topological polar surface area (TPSA) is 220 Å². The quantitative estimate of drug-likeness (QED) is 0.0214. The van der Waals surface area contributed by atoms with Gasteiger partial charge < -0.3 is 17.2 Å². The summed E-state index contributed by atoms with van der Waals surface area (Å²) < 4.78 is 0. The lowest BCUT2D eigenvalue weighted by Crippen LogP contribution is -2.64. The molecule has 0 aliphatic carbocycles. The Bertz CT molecular complexity index is 988. The van der Waals surface area contributed by atoms with Gasteiger partial charge in [-0.3, -0.25) is 30.3 Å². The van der Waals surface area contributed by atoms with Gasteiger partial charge in [0.25, 0.3) is 0 Å². The first-order valence-corrected chi connectivity index (χ1v) is 14.2. The van der Waals surface area contributed by atoms with E-state index in [9.17, 15) is 19.2 Å². The maximum Gasteiger partial charge on any atom is 0.221 e. The molecule has 0 unspecified atom stereocenters. The molecule has 0 saturated heterocycles. The van der Waals surface area contributed by atoms with Gasteiger partial charge in [0.15, 0.2) is 0 Å². The Morgan fingerprint density at radius 3 is 2.20 bits per heavy atom. The number of unbranched alkanes of at least 4 members (excludes halogenated alkanes) is 1. The van der Waals surface area contributed by atoms with E-state index in [1.807, 2.05) is 44.2 Å². The van der Waals surface area contributed by atoms with Gasteiger partial charge in [-0.05, 0) is 69.9 Å². The number of ketones is 4. The molecule has 0 radical (unpaired) electrons. The zero-order valence-electron chi connectivity index (χ0n) is 24.7. The predicted octanol–water partition coefficient (Wildman–Crippen LogP) is -0.141. The molecule has 1 rings (SSSR count). The molecular formula is C29H50N8O4. The number of benzene rings is 1. The molecule has 0 fully saturated rings. The summed E-state index contributed by atoms with van der Waals surface area (Å²) in [6.07, 6.45) is 3.64. The number of nitrogens with two attached hydrogens (primary N) is 4. The van der Waals surface area contributed by atoms with Gasteiger partial charge in [-0.2, -0.15) is 0 Å². The van der Waals surface area contributed by atoms with Crippen molar-refractivity contribution in [2.45, 2.75) is 95.7 Å². The summed E-state index contributed by atoms with van der Waals surface area (Å²) in [5.41, 5.74) is 24.8. The molecule has 12 heteroatoms. The van der Waals surface area contributed by atoms with Crippen LogP contribution < -0.4 is 44.6 Å². The third kappa shape index (κ3) is 12.8. The largest absolute Gasteiger partial charge is 0.321 e. The van der Waals surface area contributed by atoms with Gasteiger partial charge in [-0.15, -0.1) is 6.58 Å². The molecular weight excluding hydrogens is 524 g/mol. The highest BCUT2D eigenvalue weighted by Crippen LogP contribution is 2.18. The third-order valence-electron chi connectivity index (χ3n) is 6.80. The lowest BCUT2D eigenvalue weighted by atomic mass is 9.85. The summed E-state index contributed by atoms with van der Waals surface area (Å²) in [5.74, 6) is 2.98. The van der Waals surface area contributed by atoms with E-state index in [0.29, 0.717) is 32.2 Å². The van der Waals surface area contributed by atoms with Crippen molar-refractivity contribution in [3.05, 3.63) is 48.6 Å². The number of hydrogen-bond donors (Lipinski definition) is 8. The maximum atomic E-state index is 13.6. The van der Waals surface area contributed by atoms with Gasteiger partial charge in [-0.1, -0.05) is 50.3 Å². The van der Waals surface area contributed by atoms with Crippen molar-refractivity contribution in [2.75, 3.05) is 6.54 Å². The van der Waals surface area contributed by atoms with E-state index in [1.54, 1.807) is 13.0 Å². The molecule has 230 valence electrons. The first-order chi connectivity index (χ1) is 19.4. The lowest BCUT2D eigenvalue weighted by Gasteiger charge is -2.32. The van der Waals surface area contributed by atoms with Crippen LogP contribution in [0.3, 0.4) is 0 Å². The Labute approximate surface area is 243 Å². The molecule has 0 heterocycles. The summed E-state index contributed by atoms with van der Waals surface area (Å²) in [4.78, 5) is 53.1. The number of allylic oxidation sites excluding steroid dienone is 1. The van der Waals surface area contributed by atoms with Crippen LogP contribution in [0.15, 0.2) is 43.0 Å². The predicted molar refractivity (Wildman–Crippen MR) is 161 cm³/mol. The fourth-order valence-electron chi connectivity index (χ4n) is 4.40. The zero-order valence-corrected chi connectivity index (χ0v) is 24.7. The molecule has 12 N–H and O–H groups in total. The number of rotatable bonds is 23. The fraction of sp³-hybridized carbons (Fsp3) is 0.586. The molecule has 0 aliphatic rings. The van der Waals surface area contributed by atoms with Crippen LogP contribution in [0.25, 0.3) is 0 Å². The van der Waals surface area contributed by atoms with Crippen LogP contribution in [-0.4, -0.2) is 59.6 Å². The number of hydrazine groups is 2. The molecule has 12 nitrogen and oxygen atoms in total. The maximum absolute atomic E-state index is 13.6. The van der Waals surface area contributed by atoms with Crippen LogP contribution in [0.4, 0.5) is 0 Å². The van der Waals surface area contributed by atoms with Crippen molar-refractivity contribution in [3.8, 4) is 0 Å². The number of nitrogens with one attached hydrogen (secondary N) is 4. The lowest BCUT2D eigenvalue weighted by molar-refractivity contribution is -0.142. The van der Waals surface area contributed by atoms with Gasteiger partial charge in [0.05, 0.1) is 23.7 Å². The monoisotopic (exact) mass is 574 g/mol. The van der Waals surface area contributed by atoms with E-state index in [-0.39, 0.29) is 25.2 Å². The Kier molecular flexibility index (Phi) is 16.6. The first-order valence-electron chi connectivity index (χ1n) is 14.2. The van der Waals surface area contributed by atoms with Crippen molar-refractivity contribution < 1.29 is 19.2 Å². The normalized spacial score (nSPS) is 15.2. The van der Waals surface area contributed by atoms with Crippen LogP contribution in [0.5, 0.6) is 0 Å². The standard InChI is InChI=1S/C29H50N8O4/c1-5-6-10-15-29(4,27(41)26(40)23(35-33)18-20-12-8-7-9-13-20)37-36-22(14-11-16-34-28(31)32)25(39)24(38)21(30)17-19(2)3/h5,7-9,12-13,19,21-23,28,34-37H,1,6,10-11,14-18,30-33H2,2-4H3/t21-,22-,23-,29-/m0/s1. The average molecular weight is 575 g/mol. The minimum absolute atomic E-state index is 0.123. The van der Waals surface area contributed by atoms with E-state index in [0.717, 1.165) is 5.56 Å². The molecule has 1 aromatic carbocycles. The summed E-state index contributed by atoms with van der Waals surface area (Å²) in [6.45, 7) is 9.53. The van der Waals surface area contributed by atoms with Gasteiger partial charge in [0.2, 0.25) is 23.1 Å². The van der Waals surface area contributed by atoms with Crippen LogP contribution in [0.1, 0.15) is 64.9 Å². The number of carbonyl (C=O) groups excluding carboxylic acids is 4. The van der Waals surface area contributed by atoms with Crippen LogP contribution in [-0.2, 0) is 25.6 Å². The Morgan fingerprint density at radius 2 is 1.63 bits per heavy atom. The summed E-state index contributed by atoms with van der Waals surface area (Å²) in [6, 6.07) is 6.30. The first kappa shape index (κ1) is 36.3. The van der Waals surface area contributed by atoms with E-state index < -0.39 is 53.1 Å². The van der Waals surface area contributed by atoms with Gasteiger partial charge in [-0.25, -0.2) is 16.3 Å². The molecule has 0 aliphatic heterocycles. The average Bonchev–Trinajstić information content (AvgIpc) is 2.94. The van der Waals surface area contributed by atoms with E-state index in [1.165, 1.54) is 0 Å². The minimum Gasteiger partial charge on any atom is -0.321 e. The second kappa shape index (κ2) is 18.7. The van der Waals surface area contributed by atoms with Crippen LogP contribution in [0, 0.1) is 5.92 Å². The van der Waals surface area contributed by atoms with Crippen molar-refractivity contribution in [1.82, 2.24) is 21.6 Å². The van der Waals surface area contributed by atoms with Crippen molar-refractivity contribution >= 4 is 23.1 Å². The van der Waals surface area contributed by atoms with Crippen molar-refractivity contribution in [1.29, 1.82) is 0 Å². The fourth-order valence-corrected chi connectivity index (χ4v) is 4.40. The van der Waals surface area contributed by atoms with Crippen molar-refractivity contribution in [2.24, 2.45) is 29.0 Å². The molecule has 0 bridgehead atoms. The summed E-state index contributed by atoms with van der Waals surface area (Å²) in [7, 11) is 0. The Hall–Kier alpha value is -2.68. The number of carbonyl (C=O) groups is 4. The molecule has 0 saturated carbocycles. The highest BCUT2D eigenvalue weighted by Gasteiger charge is 2.41. The summed E-state index contributed by atoms with van der Waals surface area (Å²) >= 11 is 0. The second-order valence-corrected chi connectivity index (χ2v) is 11.0. The smallest absolute Gasteiger partial charge is 0.221 e. The molecule has 0 spiro atoms. The van der Waals surface area contributed by atoms with Crippen molar-refractivity contribution in [3.63, 3.8) is 0 Å². The molecule has 4 atom stereocenters. The van der Waals surface area contributed by atoms with E-state index >= 15 is 0 Å².